The normalized spacial score (nSPS) is 27.7. The highest BCUT2D eigenvalue weighted by Gasteiger charge is 2.44. The molecule has 3 fully saturated rings. The van der Waals surface area contributed by atoms with E-state index in [9.17, 15) is 4.39 Å². The van der Waals surface area contributed by atoms with Gasteiger partial charge in [0.1, 0.15) is 17.4 Å². The van der Waals surface area contributed by atoms with Gasteiger partial charge in [-0.15, -0.1) is 6.58 Å². The molecule has 2 saturated carbocycles. The van der Waals surface area contributed by atoms with Crippen LogP contribution in [0.2, 0.25) is 0 Å². The standard InChI is InChI=1S/C38H50F4O3/c1-3-5-7-8-26-24-43-37(44-25-26)30-12-10-27(11-13-30)31-17-21-34(36(40)22-31)28-14-18-32(19-15-28)38(41,42)45-33-20-16-29(9-6-4-2)35(39)23-33/h4,16-17,20-23,26-28,30,32,37H,2-3,5-15,18-19,24-25H2,1H3. The smallest absolute Gasteiger partial charge is 0.400 e. The number of ether oxygens (including phenoxy) is 3. The molecule has 248 valence electrons. The summed E-state index contributed by atoms with van der Waals surface area (Å²) < 4.78 is 77.2. The summed E-state index contributed by atoms with van der Waals surface area (Å²) in [4.78, 5) is 0. The molecule has 0 amide bonds. The van der Waals surface area contributed by atoms with Crippen LogP contribution in [0.4, 0.5) is 17.6 Å². The van der Waals surface area contributed by atoms with Crippen LogP contribution in [0.15, 0.2) is 49.1 Å². The number of hydrogen-bond acceptors (Lipinski definition) is 3. The average molecular weight is 631 g/mol. The monoisotopic (exact) mass is 630 g/mol. The molecule has 1 aliphatic heterocycles. The van der Waals surface area contributed by atoms with Gasteiger partial charge in [-0.05, 0) is 111 Å². The first-order chi connectivity index (χ1) is 21.8. The van der Waals surface area contributed by atoms with Crippen molar-refractivity contribution in [3.05, 3.63) is 77.4 Å². The lowest BCUT2D eigenvalue weighted by atomic mass is 9.76. The van der Waals surface area contributed by atoms with Crippen LogP contribution in [-0.4, -0.2) is 25.6 Å². The fourth-order valence-electron chi connectivity index (χ4n) is 7.57. The van der Waals surface area contributed by atoms with Crippen molar-refractivity contribution in [1.82, 2.24) is 0 Å². The number of aryl methyl sites for hydroxylation is 1. The lowest BCUT2D eigenvalue weighted by Crippen LogP contribution is -2.38. The molecule has 2 aromatic rings. The van der Waals surface area contributed by atoms with E-state index in [4.69, 9.17) is 14.2 Å². The zero-order chi connectivity index (χ0) is 31.8. The molecule has 1 heterocycles. The number of hydrogen-bond donors (Lipinski definition) is 0. The minimum absolute atomic E-state index is 0.102. The number of halogens is 4. The second kappa shape index (κ2) is 15.9. The molecule has 0 unspecified atom stereocenters. The predicted octanol–water partition coefficient (Wildman–Crippen LogP) is 10.9. The van der Waals surface area contributed by atoms with Gasteiger partial charge in [0, 0.05) is 17.9 Å². The van der Waals surface area contributed by atoms with Crippen molar-refractivity contribution < 1.29 is 31.8 Å². The van der Waals surface area contributed by atoms with Crippen LogP contribution < -0.4 is 4.74 Å². The predicted molar refractivity (Wildman–Crippen MR) is 170 cm³/mol. The van der Waals surface area contributed by atoms with Gasteiger partial charge in [0.05, 0.1) is 19.1 Å². The van der Waals surface area contributed by atoms with Crippen molar-refractivity contribution in [2.45, 2.75) is 121 Å². The maximum Gasteiger partial charge on any atom is 0.400 e. The van der Waals surface area contributed by atoms with Gasteiger partial charge in [-0.25, -0.2) is 8.78 Å². The Morgan fingerprint density at radius 3 is 2.22 bits per heavy atom. The fraction of sp³-hybridized carbons (Fsp3) is 0.632. The Morgan fingerprint density at radius 2 is 1.58 bits per heavy atom. The molecule has 5 rings (SSSR count). The zero-order valence-electron chi connectivity index (χ0n) is 26.8. The third-order valence-corrected chi connectivity index (χ3v) is 10.4. The third-order valence-electron chi connectivity index (χ3n) is 10.4. The van der Waals surface area contributed by atoms with E-state index in [1.54, 1.807) is 12.1 Å². The van der Waals surface area contributed by atoms with Crippen molar-refractivity contribution in [1.29, 1.82) is 0 Å². The van der Waals surface area contributed by atoms with Crippen LogP contribution in [0.5, 0.6) is 5.75 Å². The van der Waals surface area contributed by atoms with Gasteiger partial charge in [-0.1, -0.05) is 50.5 Å². The molecule has 1 saturated heterocycles. The minimum atomic E-state index is -3.43. The Kier molecular flexibility index (Phi) is 12.0. The quantitative estimate of drug-likeness (QED) is 0.125. The summed E-state index contributed by atoms with van der Waals surface area (Å²) in [5.41, 5.74) is 2.08. The summed E-state index contributed by atoms with van der Waals surface area (Å²) in [5.74, 6) is -0.869. The summed E-state index contributed by atoms with van der Waals surface area (Å²) >= 11 is 0. The molecule has 0 atom stereocenters. The van der Waals surface area contributed by atoms with E-state index in [2.05, 4.69) is 13.5 Å². The summed E-state index contributed by atoms with van der Waals surface area (Å²) in [6, 6.07) is 9.50. The van der Waals surface area contributed by atoms with Gasteiger partial charge in [0.15, 0.2) is 6.29 Å². The first-order valence-corrected chi connectivity index (χ1v) is 17.3. The highest BCUT2D eigenvalue weighted by atomic mass is 19.3. The lowest BCUT2D eigenvalue weighted by Gasteiger charge is -2.38. The van der Waals surface area contributed by atoms with Gasteiger partial charge in [-0.3, -0.25) is 0 Å². The molecular weight excluding hydrogens is 580 g/mol. The molecule has 2 aliphatic carbocycles. The SMILES string of the molecule is C=CCCc1ccc(OC(F)(F)C2CCC(c3ccc(C4CCC(C5OCC(CCCCC)CO5)CC4)cc3F)CC2)cc1F. The van der Waals surface area contributed by atoms with Gasteiger partial charge in [0.25, 0.3) is 0 Å². The summed E-state index contributed by atoms with van der Waals surface area (Å²) in [6.45, 7) is 7.43. The van der Waals surface area contributed by atoms with E-state index < -0.39 is 17.8 Å². The van der Waals surface area contributed by atoms with Gasteiger partial charge in [0.2, 0.25) is 0 Å². The highest BCUT2D eigenvalue weighted by Crippen LogP contribution is 2.45. The second-order valence-corrected chi connectivity index (χ2v) is 13.6. The summed E-state index contributed by atoms with van der Waals surface area (Å²) in [7, 11) is 0. The second-order valence-electron chi connectivity index (χ2n) is 13.6. The van der Waals surface area contributed by atoms with Crippen molar-refractivity contribution >= 4 is 0 Å². The zero-order valence-corrected chi connectivity index (χ0v) is 26.8. The number of benzene rings is 2. The molecular formula is C38H50F4O3. The van der Waals surface area contributed by atoms with E-state index >= 15 is 13.2 Å². The van der Waals surface area contributed by atoms with Crippen LogP contribution in [0, 0.1) is 29.4 Å². The molecule has 0 spiro atoms. The fourth-order valence-corrected chi connectivity index (χ4v) is 7.57. The molecule has 3 nitrogen and oxygen atoms in total. The Hall–Kier alpha value is -2.38. The minimum Gasteiger partial charge on any atom is -0.432 e. The molecule has 0 bridgehead atoms. The van der Waals surface area contributed by atoms with Crippen molar-refractivity contribution in [2.75, 3.05) is 13.2 Å². The first kappa shape index (κ1) is 34.0. The molecule has 0 aromatic heterocycles. The van der Waals surface area contributed by atoms with Crippen LogP contribution in [-0.2, 0) is 15.9 Å². The first-order valence-electron chi connectivity index (χ1n) is 17.3. The largest absolute Gasteiger partial charge is 0.432 e. The van der Waals surface area contributed by atoms with Crippen LogP contribution >= 0.6 is 0 Å². The van der Waals surface area contributed by atoms with Crippen molar-refractivity contribution in [2.24, 2.45) is 17.8 Å². The van der Waals surface area contributed by atoms with Gasteiger partial charge >= 0.3 is 6.11 Å². The van der Waals surface area contributed by atoms with E-state index in [0.717, 1.165) is 50.5 Å². The average Bonchev–Trinajstić information content (AvgIpc) is 3.05. The molecule has 0 radical (unpaired) electrons. The van der Waals surface area contributed by atoms with E-state index in [-0.39, 0.29) is 36.6 Å². The Labute approximate surface area is 266 Å². The van der Waals surface area contributed by atoms with Crippen molar-refractivity contribution in [3.8, 4) is 5.75 Å². The number of unbranched alkanes of at least 4 members (excludes halogenated alkanes) is 2. The molecule has 2 aromatic carbocycles. The molecule has 7 heteroatoms. The number of allylic oxidation sites excluding steroid dienone is 1. The Bertz CT molecular complexity index is 1230. The van der Waals surface area contributed by atoms with E-state index in [1.165, 1.54) is 37.8 Å². The van der Waals surface area contributed by atoms with E-state index in [0.29, 0.717) is 54.6 Å². The Morgan fingerprint density at radius 1 is 0.867 bits per heavy atom. The summed E-state index contributed by atoms with van der Waals surface area (Å²) in [6.07, 6.45) is 9.43. The van der Waals surface area contributed by atoms with Gasteiger partial charge < -0.3 is 14.2 Å². The summed E-state index contributed by atoms with van der Waals surface area (Å²) in [5, 5.41) is 0. The maximum absolute atomic E-state index is 15.4. The van der Waals surface area contributed by atoms with Gasteiger partial charge in [-0.2, -0.15) is 8.78 Å². The number of alkyl halides is 2. The molecule has 45 heavy (non-hydrogen) atoms. The van der Waals surface area contributed by atoms with Crippen LogP contribution in [0.3, 0.4) is 0 Å². The van der Waals surface area contributed by atoms with Crippen molar-refractivity contribution in [3.63, 3.8) is 0 Å². The topological polar surface area (TPSA) is 27.7 Å². The third kappa shape index (κ3) is 8.91. The Balaban J connectivity index is 1.08. The number of rotatable bonds is 13. The molecule has 3 aliphatic rings. The molecule has 0 N–H and O–H groups in total. The van der Waals surface area contributed by atoms with Crippen LogP contribution in [0.1, 0.15) is 119 Å². The lowest BCUT2D eigenvalue weighted by molar-refractivity contribution is -0.229. The van der Waals surface area contributed by atoms with E-state index in [1.807, 2.05) is 12.1 Å². The van der Waals surface area contributed by atoms with Crippen LogP contribution in [0.25, 0.3) is 0 Å². The highest BCUT2D eigenvalue weighted by molar-refractivity contribution is 5.31. The maximum atomic E-state index is 15.4.